The van der Waals surface area contributed by atoms with Crippen molar-refractivity contribution in [3.05, 3.63) is 52.3 Å². The molecule has 8 heteroatoms. The molecule has 1 aliphatic heterocycles. The summed E-state index contributed by atoms with van der Waals surface area (Å²) >= 11 is 0. The summed E-state index contributed by atoms with van der Waals surface area (Å²) in [6.07, 6.45) is 1.03. The van der Waals surface area contributed by atoms with Gasteiger partial charge in [0.15, 0.2) is 5.69 Å². The van der Waals surface area contributed by atoms with E-state index in [1.54, 1.807) is 18.2 Å². The number of aromatic nitrogens is 2. The van der Waals surface area contributed by atoms with Crippen molar-refractivity contribution in [1.82, 2.24) is 14.7 Å². The van der Waals surface area contributed by atoms with Crippen LogP contribution in [0.1, 0.15) is 10.5 Å². The highest BCUT2D eigenvalue weighted by Gasteiger charge is 2.30. The van der Waals surface area contributed by atoms with Crippen LogP contribution in [0.5, 0.6) is 0 Å². The van der Waals surface area contributed by atoms with E-state index in [0.29, 0.717) is 5.69 Å². The molecule has 2 aromatic rings. The monoisotopic (exact) mass is 288 g/mol. The molecule has 0 unspecified atom stereocenters. The Labute approximate surface area is 119 Å². The lowest BCUT2D eigenvalue weighted by molar-refractivity contribution is -0.384. The van der Waals surface area contributed by atoms with Crippen LogP contribution in [0, 0.1) is 10.1 Å². The lowest BCUT2D eigenvalue weighted by Crippen LogP contribution is -2.53. The number of aliphatic hydroxyl groups is 1. The number of benzene rings is 1. The van der Waals surface area contributed by atoms with Crippen LogP contribution in [0.15, 0.2) is 36.5 Å². The van der Waals surface area contributed by atoms with Gasteiger partial charge in [-0.05, 0) is 12.1 Å². The van der Waals surface area contributed by atoms with E-state index in [2.05, 4.69) is 5.10 Å². The summed E-state index contributed by atoms with van der Waals surface area (Å²) in [7, 11) is 0. The number of nitro groups is 1. The topological polar surface area (TPSA) is 102 Å². The van der Waals surface area contributed by atoms with Gasteiger partial charge in [0.1, 0.15) is 5.69 Å². The molecule has 0 spiro atoms. The first-order valence-electron chi connectivity index (χ1n) is 6.33. The number of hydrogen-bond acceptors (Lipinski definition) is 5. The molecule has 1 aromatic heterocycles. The predicted octanol–water partition coefficient (Wildman–Crippen LogP) is 0.597. The van der Waals surface area contributed by atoms with E-state index in [1.807, 2.05) is 0 Å². The molecular weight excluding hydrogens is 276 g/mol. The van der Waals surface area contributed by atoms with Gasteiger partial charge in [0, 0.05) is 25.4 Å². The zero-order valence-corrected chi connectivity index (χ0v) is 10.9. The van der Waals surface area contributed by atoms with Gasteiger partial charge < -0.3 is 10.0 Å². The molecule has 0 atom stereocenters. The molecule has 1 aliphatic rings. The molecule has 2 heterocycles. The van der Waals surface area contributed by atoms with Crippen LogP contribution < -0.4 is 0 Å². The maximum atomic E-state index is 12.0. The first-order chi connectivity index (χ1) is 10.1. The van der Waals surface area contributed by atoms with Gasteiger partial charge in [-0.2, -0.15) is 5.10 Å². The average Bonchev–Trinajstić information content (AvgIpc) is 2.93. The van der Waals surface area contributed by atoms with E-state index in [1.165, 1.54) is 27.9 Å². The van der Waals surface area contributed by atoms with Crippen LogP contribution in [0.4, 0.5) is 5.69 Å². The highest BCUT2D eigenvalue weighted by atomic mass is 16.6. The third-order valence-corrected chi connectivity index (χ3v) is 3.28. The van der Waals surface area contributed by atoms with Crippen LogP contribution in [0.2, 0.25) is 0 Å². The van der Waals surface area contributed by atoms with Crippen molar-refractivity contribution in [2.24, 2.45) is 0 Å². The number of amides is 1. The number of hydrogen-bond donors (Lipinski definition) is 1. The van der Waals surface area contributed by atoms with Crippen molar-refractivity contribution in [1.29, 1.82) is 0 Å². The Kier molecular flexibility index (Phi) is 3.15. The van der Waals surface area contributed by atoms with Gasteiger partial charge in [-0.25, -0.2) is 4.68 Å². The second-order valence-corrected chi connectivity index (χ2v) is 4.76. The summed E-state index contributed by atoms with van der Waals surface area (Å²) < 4.78 is 1.31. The third kappa shape index (κ3) is 2.36. The number of aliphatic hydroxyl groups excluding tert-OH is 1. The number of nitrogens with zero attached hydrogens (tertiary/aromatic N) is 4. The summed E-state index contributed by atoms with van der Waals surface area (Å²) in [6, 6.07) is 7.68. The molecular formula is C13H12N4O4. The quantitative estimate of drug-likeness (QED) is 0.658. The summed E-state index contributed by atoms with van der Waals surface area (Å²) in [6.45, 7) is 0.578. The molecule has 1 amide bonds. The van der Waals surface area contributed by atoms with Crippen molar-refractivity contribution < 1.29 is 14.8 Å². The zero-order valence-electron chi connectivity index (χ0n) is 10.9. The van der Waals surface area contributed by atoms with Gasteiger partial charge in [-0.15, -0.1) is 0 Å². The Morgan fingerprint density at radius 3 is 2.71 bits per heavy atom. The molecule has 3 rings (SSSR count). The second-order valence-electron chi connectivity index (χ2n) is 4.76. The minimum atomic E-state index is -0.496. The first kappa shape index (κ1) is 13.3. The fraction of sp³-hybridized carbons (Fsp3) is 0.231. The Balaban J connectivity index is 1.89. The van der Waals surface area contributed by atoms with Crippen LogP contribution in [0.3, 0.4) is 0 Å². The van der Waals surface area contributed by atoms with Crippen LogP contribution in [-0.2, 0) is 0 Å². The summed E-state index contributed by atoms with van der Waals surface area (Å²) in [5.74, 6) is -0.294. The van der Waals surface area contributed by atoms with Gasteiger partial charge in [0.05, 0.1) is 11.0 Å². The van der Waals surface area contributed by atoms with Crippen molar-refractivity contribution in [3.63, 3.8) is 0 Å². The van der Waals surface area contributed by atoms with Crippen molar-refractivity contribution in [2.75, 3.05) is 13.1 Å². The van der Waals surface area contributed by atoms with Gasteiger partial charge in [0.2, 0.25) is 0 Å². The molecule has 21 heavy (non-hydrogen) atoms. The van der Waals surface area contributed by atoms with Crippen LogP contribution >= 0.6 is 0 Å². The summed E-state index contributed by atoms with van der Waals surface area (Å²) in [5, 5.41) is 24.3. The van der Waals surface area contributed by atoms with Crippen molar-refractivity contribution in [3.8, 4) is 5.69 Å². The van der Waals surface area contributed by atoms with Gasteiger partial charge in [-0.3, -0.25) is 14.9 Å². The number of β-amino-alcohol motifs (C(OH)–C–C–N with tert-alkyl or cyclic N) is 1. The molecule has 0 bridgehead atoms. The maximum Gasteiger partial charge on any atom is 0.294 e. The number of nitro benzene ring substituents is 1. The minimum absolute atomic E-state index is 0.0843. The molecule has 0 radical (unpaired) electrons. The van der Waals surface area contributed by atoms with Crippen molar-refractivity contribution in [2.45, 2.75) is 6.10 Å². The average molecular weight is 288 g/mol. The first-order valence-corrected chi connectivity index (χ1v) is 6.33. The van der Waals surface area contributed by atoms with E-state index in [4.69, 9.17) is 0 Å². The molecule has 0 aliphatic carbocycles. The predicted molar refractivity (Wildman–Crippen MR) is 72.1 cm³/mol. The number of carbonyl (C=O) groups excluding carboxylic acids is 1. The lowest BCUT2D eigenvalue weighted by Gasteiger charge is -2.35. The van der Waals surface area contributed by atoms with Gasteiger partial charge >= 0.3 is 0 Å². The maximum absolute atomic E-state index is 12.0. The molecule has 0 saturated carbocycles. The Morgan fingerprint density at radius 2 is 2.05 bits per heavy atom. The van der Waals surface area contributed by atoms with E-state index in [9.17, 15) is 20.0 Å². The highest BCUT2D eigenvalue weighted by molar-refractivity contribution is 5.92. The number of para-hydroxylation sites is 2. The standard InChI is InChI=1S/C13H12N4O4/c18-9-7-15(8-9)13(19)10-5-6-16(14-10)11-3-1-2-4-12(11)17(20)21/h1-6,9,18H,7-8H2. The fourth-order valence-electron chi connectivity index (χ4n) is 2.17. The van der Waals surface area contributed by atoms with E-state index in [0.717, 1.165) is 0 Å². The third-order valence-electron chi connectivity index (χ3n) is 3.28. The normalized spacial score (nSPS) is 14.8. The second kappa shape index (κ2) is 4.98. The van der Waals surface area contributed by atoms with E-state index < -0.39 is 11.0 Å². The van der Waals surface area contributed by atoms with Crippen molar-refractivity contribution >= 4 is 11.6 Å². The zero-order chi connectivity index (χ0) is 15.0. The van der Waals surface area contributed by atoms with Crippen LogP contribution in [-0.4, -0.2) is 49.8 Å². The largest absolute Gasteiger partial charge is 0.389 e. The molecule has 108 valence electrons. The number of likely N-dealkylation sites (tertiary alicyclic amines) is 1. The SMILES string of the molecule is O=C(c1ccn(-c2ccccc2[N+](=O)[O-])n1)N1CC(O)C1. The summed E-state index contributed by atoms with van der Waals surface area (Å²) in [4.78, 5) is 24.0. The lowest BCUT2D eigenvalue weighted by atomic mass is 10.1. The summed E-state index contributed by atoms with van der Waals surface area (Å²) in [5.41, 5.74) is 0.407. The number of rotatable bonds is 3. The highest BCUT2D eigenvalue weighted by Crippen LogP contribution is 2.22. The Hall–Kier alpha value is -2.74. The van der Waals surface area contributed by atoms with Crippen LogP contribution in [0.25, 0.3) is 5.69 Å². The smallest absolute Gasteiger partial charge is 0.294 e. The fourth-order valence-corrected chi connectivity index (χ4v) is 2.17. The Bertz CT molecular complexity index is 706. The van der Waals surface area contributed by atoms with Gasteiger partial charge in [-0.1, -0.05) is 12.1 Å². The number of carbonyl (C=O) groups is 1. The molecule has 1 aromatic carbocycles. The molecule has 1 fully saturated rings. The molecule has 1 N–H and O–H groups in total. The van der Waals surface area contributed by atoms with Gasteiger partial charge in [0.25, 0.3) is 11.6 Å². The van der Waals surface area contributed by atoms with E-state index in [-0.39, 0.29) is 30.4 Å². The van der Waals surface area contributed by atoms with E-state index >= 15 is 0 Å². The molecule has 8 nitrogen and oxygen atoms in total. The molecule has 1 saturated heterocycles. The Morgan fingerprint density at radius 1 is 1.33 bits per heavy atom. The minimum Gasteiger partial charge on any atom is -0.389 e.